The van der Waals surface area contributed by atoms with Crippen LogP contribution in [0.25, 0.3) is 86.6 Å². The van der Waals surface area contributed by atoms with Crippen molar-refractivity contribution in [2.24, 2.45) is 0 Å². The molecule has 0 radical (unpaired) electrons. The number of fused-ring (bicyclic) bond motifs is 6. The molecule has 0 saturated carbocycles. The van der Waals surface area contributed by atoms with Crippen LogP contribution in [0.15, 0.2) is 217 Å². The van der Waals surface area contributed by atoms with Gasteiger partial charge in [0.15, 0.2) is 0 Å². The van der Waals surface area contributed by atoms with Gasteiger partial charge in [-0.1, -0.05) is 158 Å². The van der Waals surface area contributed by atoms with Gasteiger partial charge in [-0.15, -0.1) is 11.3 Å². The minimum atomic E-state index is 0.893. The van der Waals surface area contributed by atoms with Gasteiger partial charge >= 0.3 is 0 Å². The third-order valence-electron chi connectivity index (χ3n) is 11.1. The quantitative estimate of drug-likeness (QED) is 0.162. The van der Waals surface area contributed by atoms with E-state index in [1.807, 2.05) is 23.5 Å². The lowest BCUT2D eigenvalue weighted by Gasteiger charge is -2.27. The number of furan rings is 1. The monoisotopic (exact) mass is 745 g/mol. The van der Waals surface area contributed by atoms with Gasteiger partial charge < -0.3 is 9.32 Å². The Bertz CT molecular complexity index is 3210. The largest absolute Gasteiger partial charge is 0.456 e. The van der Waals surface area contributed by atoms with Gasteiger partial charge in [-0.2, -0.15) is 0 Å². The maximum absolute atomic E-state index is 6.36. The zero-order valence-electron chi connectivity index (χ0n) is 31.0. The summed E-state index contributed by atoms with van der Waals surface area (Å²) in [6.07, 6.45) is 0. The van der Waals surface area contributed by atoms with E-state index in [0.29, 0.717) is 0 Å². The van der Waals surface area contributed by atoms with Crippen molar-refractivity contribution in [1.82, 2.24) is 0 Å². The van der Waals surface area contributed by atoms with Crippen LogP contribution >= 0.6 is 11.3 Å². The van der Waals surface area contributed by atoms with Gasteiger partial charge in [0, 0.05) is 37.6 Å². The summed E-state index contributed by atoms with van der Waals surface area (Å²) in [6.45, 7) is 0. The summed E-state index contributed by atoms with van der Waals surface area (Å²) in [5, 5.41) is 4.83. The highest BCUT2D eigenvalue weighted by molar-refractivity contribution is 7.26. The van der Waals surface area contributed by atoms with Crippen molar-refractivity contribution in [3.8, 4) is 44.5 Å². The number of hydrogen-bond acceptors (Lipinski definition) is 3. The zero-order valence-corrected chi connectivity index (χ0v) is 31.8. The fraction of sp³-hybridized carbons (Fsp3) is 0. The molecule has 0 atom stereocenters. The minimum Gasteiger partial charge on any atom is -0.456 e. The third-order valence-corrected chi connectivity index (χ3v) is 12.3. The number of anilines is 3. The molecule has 0 aliphatic carbocycles. The topological polar surface area (TPSA) is 16.4 Å². The van der Waals surface area contributed by atoms with Crippen molar-refractivity contribution in [3.05, 3.63) is 212 Å². The Morgan fingerprint density at radius 3 is 1.65 bits per heavy atom. The molecule has 0 fully saturated rings. The van der Waals surface area contributed by atoms with Crippen LogP contribution in [0.2, 0.25) is 0 Å². The van der Waals surface area contributed by atoms with Crippen molar-refractivity contribution in [2.75, 3.05) is 4.90 Å². The Kier molecular flexibility index (Phi) is 8.04. The van der Waals surface area contributed by atoms with Gasteiger partial charge in [0.05, 0.1) is 10.4 Å². The summed E-state index contributed by atoms with van der Waals surface area (Å²) in [5.74, 6) is 0. The highest BCUT2D eigenvalue weighted by atomic mass is 32.1. The van der Waals surface area contributed by atoms with Crippen LogP contribution in [-0.4, -0.2) is 0 Å². The summed E-state index contributed by atoms with van der Waals surface area (Å²) < 4.78 is 8.92. The molecule has 9 aromatic carbocycles. The molecule has 268 valence electrons. The molecule has 2 nitrogen and oxygen atoms in total. The molecule has 0 aliphatic heterocycles. The Labute approximate surface area is 335 Å². The standard InChI is InChI=1S/C54H35NOS/c1-3-12-36(13-4-1)37-22-24-38(25-23-37)39-26-29-42(30-27-39)55(50-19-11-18-48-47-17-8-10-21-53(47)57-54(48)50)43-31-33-44(49(35-43)40-14-5-2-6-15-40)41-28-32-46-45-16-7-9-20-51(45)56-52(46)34-41/h1-35H. The van der Waals surface area contributed by atoms with Crippen molar-refractivity contribution < 1.29 is 4.42 Å². The lowest BCUT2D eigenvalue weighted by molar-refractivity contribution is 0.669. The SMILES string of the molecule is c1ccc(-c2ccc(-c3ccc(N(c4ccc(-c5ccc6c(c5)oc5ccccc56)c(-c5ccccc5)c4)c4cccc5c4sc4ccccc45)cc3)cc2)cc1. The smallest absolute Gasteiger partial charge is 0.136 e. The van der Waals surface area contributed by atoms with E-state index in [9.17, 15) is 0 Å². The first-order valence-electron chi connectivity index (χ1n) is 19.3. The van der Waals surface area contributed by atoms with Gasteiger partial charge in [-0.25, -0.2) is 0 Å². The number of hydrogen-bond donors (Lipinski definition) is 0. The van der Waals surface area contributed by atoms with Crippen LogP contribution in [0, 0.1) is 0 Å². The van der Waals surface area contributed by atoms with Crippen molar-refractivity contribution in [2.45, 2.75) is 0 Å². The summed E-state index contributed by atoms with van der Waals surface area (Å²) in [4.78, 5) is 2.43. The summed E-state index contributed by atoms with van der Waals surface area (Å²) in [7, 11) is 0. The van der Waals surface area contributed by atoms with E-state index in [1.165, 1.54) is 42.4 Å². The molecule has 0 unspecified atom stereocenters. The highest BCUT2D eigenvalue weighted by Crippen LogP contribution is 2.47. The summed E-state index contributed by atoms with van der Waals surface area (Å²) in [5.41, 5.74) is 14.5. The number of para-hydroxylation sites is 1. The average Bonchev–Trinajstić information content (AvgIpc) is 3.86. The molecular formula is C54H35NOS. The van der Waals surface area contributed by atoms with Crippen molar-refractivity contribution in [1.29, 1.82) is 0 Å². The second-order valence-electron chi connectivity index (χ2n) is 14.5. The van der Waals surface area contributed by atoms with E-state index in [1.54, 1.807) is 0 Å². The molecular weight excluding hydrogens is 711 g/mol. The average molecular weight is 746 g/mol. The zero-order chi connectivity index (χ0) is 37.7. The van der Waals surface area contributed by atoms with Crippen LogP contribution < -0.4 is 4.90 Å². The molecule has 0 bridgehead atoms. The minimum absolute atomic E-state index is 0.893. The van der Waals surface area contributed by atoms with Gasteiger partial charge in [-0.3, -0.25) is 0 Å². The van der Waals surface area contributed by atoms with Crippen molar-refractivity contribution >= 4 is 70.5 Å². The number of rotatable bonds is 7. The predicted octanol–water partition coefficient (Wildman–Crippen LogP) is 16.1. The maximum atomic E-state index is 6.36. The van der Waals surface area contributed by atoms with E-state index in [0.717, 1.165) is 61.3 Å². The van der Waals surface area contributed by atoms with Crippen LogP contribution in [0.4, 0.5) is 17.1 Å². The molecule has 11 aromatic rings. The van der Waals surface area contributed by atoms with Crippen LogP contribution in [0.5, 0.6) is 0 Å². The lowest BCUT2D eigenvalue weighted by atomic mass is 9.93. The predicted molar refractivity (Wildman–Crippen MR) is 243 cm³/mol. The fourth-order valence-corrected chi connectivity index (χ4v) is 9.50. The normalized spacial score (nSPS) is 11.5. The maximum Gasteiger partial charge on any atom is 0.136 e. The Balaban J connectivity index is 1.07. The van der Waals surface area contributed by atoms with E-state index >= 15 is 0 Å². The van der Waals surface area contributed by atoms with Crippen LogP contribution in [-0.2, 0) is 0 Å². The van der Waals surface area contributed by atoms with Gasteiger partial charge in [0.2, 0.25) is 0 Å². The van der Waals surface area contributed by atoms with Crippen LogP contribution in [0.1, 0.15) is 0 Å². The Morgan fingerprint density at radius 1 is 0.333 bits per heavy atom. The molecule has 57 heavy (non-hydrogen) atoms. The molecule has 0 amide bonds. The van der Waals surface area contributed by atoms with Gasteiger partial charge in [0.25, 0.3) is 0 Å². The molecule has 11 rings (SSSR count). The first-order valence-corrected chi connectivity index (χ1v) is 20.1. The third kappa shape index (κ3) is 5.88. The summed E-state index contributed by atoms with van der Waals surface area (Å²) >= 11 is 1.86. The highest BCUT2D eigenvalue weighted by Gasteiger charge is 2.21. The fourth-order valence-electron chi connectivity index (χ4n) is 8.30. The van der Waals surface area contributed by atoms with E-state index in [4.69, 9.17) is 4.42 Å². The van der Waals surface area contributed by atoms with E-state index in [-0.39, 0.29) is 0 Å². The molecule has 0 N–H and O–H groups in total. The molecule has 2 aromatic heterocycles. The lowest BCUT2D eigenvalue weighted by Crippen LogP contribution is -2.10. The molecule has 3 heteroatoms. The van der Waals surface area contributed by atoms with Gasteiger partial charge in [0.1, 0.15) is 11.2 Å². The number of nitrogens with zero attached hydrogens (tertiary/aromatic N) is 1. The summed E-state index contributed by atoms with van der Waals surface area (Å²) in [6, 6.07) is 76.4. The molecule has 2 heterocycles. The molecule has 0 saturated heterocycles. The second-order valence-corrected chi connectivity index (χ2v) is 15.5. The van der Waals surface area contributed by atoms with E-state index in [2.05, 4.69) is 205 Å². The van der Waals surface area contributed by atoms with E-state index < -0.39 is 0 Å². The Hall–Kier alpha value is -7.20. The Morgan fingerprint density at radius 2 is 0.895 bits per heavy atom. The first kappa shape index (κ1) is 33.2. The van der Waals surface area contributed by atoms with Crippen molar-refractivity contribution in [3.63, 3.8) is 0 Å². The first-order chi connectivity index (χ1) is 28.2. The second kappa shape index (κ2) is 13.8. The van der Waals surface area contributed by atoms with Gasteiger partial charge in [-0.05, 0) is 99.1 Å². The van der Waals surface area contributed by atoms with Crippen LogP contribution in [0.3, 0.4) is 0 Å². The molecule has 0 aliphatic rings. The number of benzene rings is 9. The molecule has 0 spiro atoms. The number of thiophene rings is 1.